The van der Waals surface area contributed by atoms with Crippen molar-refractivity contribution in [3.8, 4) is 6.07 Å². The Kier molecular flexibility index (Phi) is 1.86. The van der Waals surface area contributed by atoms with Crippen molar-refractivity contribution in [2.24, 2.45) is 12.5 Å². The highest BCUT2D eigenvalue weighted by molar-refractivity contribution is 5.28. The molecule has 0 spiro atoms. The van der Waals surface area contributed by atoms with E-state index < -0.39 is 11.5 Å². The van der Waals surface area contributed by atoms with Gasteiger partial charge in [-0.1, -0.05) is 0 Å². The third-order valence-corrected chi connectivity index (χ3v) is 3.10. The number of rotatable bonds is 2. The molecule has 1 N–H and O–H groups in total. The number of aliphatic hydroxyl groups is 1. The molecule has 1 atom stereocenters. The Morgan fingerprint density at radius 2 is 2.36 bits per heavy atom. The van der Waals surface area contributed by atoms with Gasteiger partial charge in [-0.3, -0.25) is 4.68 Å². The first-order chi connectivity index (χ1) is 6.60. The topological polar surface area (TPSA) is 61.8 Å². The molecule has 4 nitrogen and oxygen atoms in total. The average Bonchev–Trinajstić information content (AvgIpc) is 2.91. The molecule has 1 aliphatic rings. The van der Waals surface area contributed by atoms with E-state index in [9.17, 15) is 5.11 Å². The van der Waals surface area contributed by atoms with E-state index in [1.807, 2.05) is 14.0 Å². The lowest BCUT2D eigenvalue weighted by Crippen LogP contribution is -2.12. The Morgan fingerprint density at radius 1 is 1.71 bits per heavy atom. The normalized spacial score (nSPS) is 20.1. The molecule has 14 heavy (non-hydrogen) atoms. The van der Waals surface area contributed by atoms with Gasteiger partial charge < -0.3 is 5.11 Å². The van der Waals surface area contributed by atoms with E-state index in [1.54, 1.807) is 10.9 Å². The van der Waals surface area contributed by atoms with Crippen LogP contribution in [0.3, 0.4) is 0 Å². The molecule has 0 amide bonds. The summed E-state index contributed by atoms with van der Waals surface area (Å²) >= 11 is 0. The summed E-state index contributed by atoms with van der Waals surface area (Å²) in [6, 6.07) is 2.20. The van der Waals surface area contributed by atoms with Gasteiger partial charge in [0.2, 0.25) is 0 Å². The van der Waals surface area contributed by atoms with Crippen molar-refractivity contribution in [2.75, 3.05) is 0 Å². The van der Waals surface area contributed by atoms with Crippen molar-refractivity contribution < 1.29 is 5.11 Å². The van der Waals surface area contributed by atoms with Gasteiger partial charge in [0.15, 0.2) is 0 Å². The van der Waals surface area contributed by atoms with E-state index in [0.717, 1.165) is 24.1 Å². The standard InChI is InChI=1S/C10H13N3O/c1-7-8(5-12-13(7)2)9(14)10(6-11)3-4-10/h5,9,14H,3-4H2,1-2H3. The summed E-state index contributed by atoms with van der Waals surface area (Å²) in [5.74, 6) is 0. The molecule has 4 heteroatoms. The molecule has 1 heterocycles. The maximum Gasteiger partial charge on any atom is 0.101 e. The van der Waals surface area contributed by atoms with E-state index >= 15 is 0 Å². The third kappa shape index (κ3) is 1.13. The monoisotopic (exact) mass is 191 g/mol. The van der Waals surface area contributed by atoms with Gasteiger partial charge in [0.05, 0.1) is 17.7 Å². The first kappa shape index (κ1) is 9.22. The second-order valence-corrected chi connectivity index (χ2v) is 3.98. The van der Waals surface area contributed by atoms with Gasteiger partial charge in [0.25, 0.3) is 0 Å². The molecule has 1 aromatic heterocycles. The second kappa shape index (κ2) is 2.82. The molecular weight excluding hydrogens is 178 g/mol. The number of hydrogen-bond acceptors (Lipinski definition) is 3. The van der Waals surface area contributed by atoms with Crippen LogP contribution in [0.1, 0.15) is 30.2 Å². The van der Waals surface area contributed by atoms with Gasteiger partial charge >= 0.3 is 0 Å². The molecule has 1 aromatic rings. The van der Waals surface area contributed by atoms with Crippen LogP contribution in [0, 0.1) is 23.7 Å². The van der Waals surface area contributed by atoms with Crippen LogP contribution in [0.25, 0.3) is 0 Å². The average molecular weight is 191 g/mol. The van der Waals surface area contributed by atoms with Crippen LogP contribution in [0.2, 0.25) is 0 Å². The summed E-state index contributed by atoms with van der Waals surface area (Å²) in [6.07, 6.45) is 2.55. The van der Waals surface area contributed by atoms with Crippen LogP contribution in [-0.2, 0) is 7.05 Å². The van der Waals surface area contributed by atoms with E-state index in [0.29, 0.717) is 0 Å². The van der Waals surface area contributed by atoms with Crippen LogP contribution in [-0.4, -0.2) is 14.9 Å². The fourth-order valence-corrected chi connectivity index (χ4v) is 1.66. The molecule has 1 aliphatic carbocycles. The molecule has 0 saturated heterocycles. The Balaban J connectivity index is 2.33. The molecule has 0 bridgehead atoms. The Labute approximate surface area is 82.8 Å². The predicted octanol–water partition coefficient (Wildman–Crippen LogP) is 1.07. The molecule has 74 valence electrons. The molecule has 0 radical (unpaired) electrons. The maximum absolute atomic E-state index is 10.0. The van der Waals surface area contributed by atoms with Crippen molar-refractivity contribution in [3.05, 3.63) is 17.5 Å². The van der Waals surface area contributed by atoms with Gasteiger partial charge in [0, 0.05) is 18.3 Å². The summed E-state index contributed by atoms with van der Waals surface area (Å²) in [6.45, 7) is 1.90. The lowest BCUT2D eigenvalue weighted by atomic mass is 9.95. The van der Waals surface area contributed by atoms with E-state index in [-0.39, 0.29) is 0 Å². The fourth-order valence-electron chi connectivity index (χ4n) is 1.66. The SMILES string of the molecule is Cc1c(C(O)C2(C#N)CC2)cnn1C. The first-order valence-electron chi connectivity index (χ1n) is 4.68. The number of aliphatic hydroxyl groups excluding tert-OH is 1. The first-order valence-corrected chi connectivity index (χ1v) is 4.68. The minimum absolute atomic E-state index is 0.534. The zero-order valence-corrected chi connectivity index (χ0v) is 8.36. The Hall–Kier alpha value is -1.34. The number of aryl methyl sites for hydroxylation is 1. The van der Waals surface area contributed by atoms with Crippen molar-refractivity contribution >= 4 is 0 Å². The zero-order chi connectivity index (χ0) is 10.3. The molecule has 1 unspecified atom stereocenters. The van der Waals surface area contributed by atoms with Crippen LogP contribution in [0.5, 0.6) is 0 Å². The van der Waals surface area contributed by atoms with Crippen molar-refractivity contribution in [3.63, 3.8) is 0 Å². The summed E-state index contributed by atoms with van der Waals surface area (Å²) in [5, 5.41) is 23.0. The molecule has 1 saturated carbocycles. The molecule has 0 aromatic carbocycles. The predicted molar refractivity (Wildman–Crippen MR) is 50.2 cm³/mol. The van der Waals surface area contributed by atoms with Crippen molar-refractivity contribution in [1.82, 2.24) is 9.78 Å². The summed E-state index contributed by atoms with van der Waals surface area (Å²) in [5.41, 5.74) is 1.18. The summed E-state index contributed by atoms with van der Waals surface area (Å²) in [7, 11) is 1.83. The van der Waals surface area contributed by atoms with Gasteiger partial charge in [0.1, 0.15) is 6.10 Å². The number of aromatic nitrogens is 2. The lowest BCUT2D eigenvalue weighted by Gasteiger charge is -2.14. The number of nitriles is 1. The molecular formula is C10H13N3O. The minimum atomic E-state index is -0.679. The van der Waals surface area contributed by atoms with E-state index in [1.165, 1.54) is 0 Å². The molecule has 0 aliphatic heterocycles. The highest BCUT2D eigenvalue weighted by Crippen LogP contribution is 2.54. The lowest BCUT2D eigenvalue weighted by molar-refractivity contribution is 0.122. The van der Waals surface area contributed by atoms with Crippen LogP contribution in [0.4, 0.5) is 0 Å². The summed E-state index contributed by atoms with van der Waals surface area (Å²) in [4.78, 5) is 0. The van der Waals surface area contributed by atoms with E-state index in [4.69, 9.17) is 5.26 Å². The van der Waals surface area contributed by atoms with Crippen LogP contribution >= 0.6 is 0 Å². The van der Waals surface area contributed by atoms with Crippen LogP contribution in [0.15, 0.2) is 6.20 Å². The summed E-state index contributed by atoms with van der Waals surface area (Å²) < 4.78 is 1.71. The molecule has 1 fully saturated rings. The van der Waals surface area contributed by atoms with Gasteiger partial charge in [-0.15, -0.1) is 0 Å². The van der Waals surface area contributed by atoms with Crippen molar-refractivity contribution in [1.29, 1.82) is 5.26 Å². The highest BCUT2D eigenvalue weighted by Gasteiger charge is 2.51. The van der Waals surface area contributed by atoms with Gasteiger partial charge in [-0.25, -0.2) is 0 Å². The third-order valence-electron chi connectivity index (χ3n) is 3.10. The highest BCUT2D eigenvalue weighted by atomic mass is 16.3. The largest absolute Gasteiger partial charge is 0.387 e. The van der Waals surface area contributed by atoms with Gasteiger partial charge in [-0.2, -0.15) is 10.4 Å². The Morgan fingerprint density at radius 3 is 2.71 bits per heavy atom. The van der Waals surface area contributed by atoms with Crippen molar-refractivity contribution in [2.45, 2.75) is 25.9 Å². The second-order valence-electron chi connectivity index (χ2n) is 3.98. The maximum atomic E-state index is 10.0. The number of hydrogen-bond donors (Lipinski definition) is 1. The smallest absolute Gasteiger partial charge is 0.101 e. The number of nitrogens with zero attached hydrogens (tertiary/aromatic N) is 3. The molecule has 2 rings (SSSR count). The fraction of sp³-hybridized carbons (Fsp3) is 0.600. The van der Waals surface area contributed by atoms with Crippen LogP contribution < -0.4 is 0 Å². The van der Waals surface area contributed by atoms with Gasteiger partial charge in [-0.05, 0) is 19.8 Å². The van der Waals surface area contributed by atoms with E-state index in [2.05, 4.69) is 11.2 Å². The zero-order valence-electron chi connectivity index (χ0n) is 8.36. The minimum Gasteiger partial charge on any atom is -0.387 e. The quantitative estimate of drug-likeness (QED) is 0.760. The Bertz CT molecular complexity index is 398.